The molecule has 1 unspecified atom stereocenters. The molecule has 6 rings (SSSR count). The van der Waals surface area contributed by atoms with E-state index >= 15 is 4.39 Å². The summed E-state index contributed by atoms with van der Waals surface area (Å²) in [7, 11) is 0. The second-order valence-electron chi connectivity index (χ2n) is 12.4. The van der Waals surface area contributed by atoms with Crippen molar-refractivity contribution in [2.45, 2.75) is 64.2 Å². The van der Waals surface area contributed by atoms with Gasteiger partial charge in [0.25, 0.3) is 0 Å². The molecule has 0 saturated heterocycles. The number of aryl methyl sites for hydroxylation is 1. The number of nitrogens with zero attached hydrogens (tertiary/aromatic N) is 7. The Hall–Kier alpha value is -4.85. The molecule has 2 aliphatic carbocycles. The summed E-state index contributed by atoms with van der Waals surface area (Å²) in [5.74, 6) is -1.04. The van der Waals surface area contributed by atoms with Crippen molar-refractivity contribution in [3.63, 3.8) is 0 Å². The molecule has 1 aromatic carbocycles. The number of halogens is 5. The van der Waals surface area contributed by atoms with Crippen molar-refractivity contribution in [3.8, 4) is 12.1 Å². The van der Waals surface area contributed by atoms with Crippen LogP contribution in [0.5, 0.6) is 0 Å². The zero-order chi connectivity index (χ0) is 32.3. The van der Waals surface area contributed by atoms with Gasteiger partial charge in [-0.2, -0.15) is 32.5 Å². The maximum absolute atomic E-state index is 16.2. The molecule has 14 heteroatoms. The van der Waals surface area contributed by atoms with Gasteiger partial charge in [0.05, 0.1) is 33.3 Å². The van der Waals surface area contributed by atoms with Crippen LogP contribution in [0.3, 0.4) is 0 Å². The summed E-state index contributed by atoms with van der Waals surface area (Å²) in [6, 6.07) is 8.51. The molecule has 232 valence electrons. The van der Waals surface area contributed by atoms with Gasteiger partial charge in [-0.1, -0.05) is 11.3 Å². The van der Waals surface area contributed by atoms with Crippen LogP contribution in [0.4, 0.5) is 33.3 Å². The highest BCUT2D eigenvalue weighted by molar-refractivity contribution is 5.99. The molecule has 2 fully saturated rings. The van der Waals surface area contributed by atoms with Crippen molar-refractivity contribution in [2.24, 2.45) is 11.3 Å². The van der Waals surface area contributed by atoms with Crippen molar-refractivity contribution >= 4 is 22.3 Å². The molecule has 45 heavy (non-hydrogen) atoms. The van der Waals surface area contributed by atoms with Gasteiger partial charge in [0, 0.05) is 35.1 Å². The van der Waals surface area contributed by atoms with Crippen molar-refractivity contribution < 1.29 is 22.0 Å². The minimum absolute atomic E-state index is 0.0274. The lowest BCUT2D eigenvalue weighted by atomic mass is 9.92. The minimum Gasteiger partial charge on any atom is -0.382 e. The Balaban J connectivity index is 1.46. The van der Waals surface area contributed by atoms with Gasteiger partial charge in [-0.25, -0.2) is 9.67 Å². The van der Waals surface area contributed by atoms with Crippen molar-refractivity contribution in [3.05, 3.63) is 70.4 Å². The molecule has 0 radical (unpaired) electrons. The van der Waals surface area contributed by atoms with Crippen molar-refractivity contribution in [1.29, 1.82) is 10.5 Å². The highest BCUT2D eigenvalue weighted by atomic mass is 19.4. The van der Waals surface area contributed by atoms with Gasteiger partial charge in [-0.15, -0.1) is 5.10 Å². The molecule has 0 amide bonds. The number of rotatable bonds is 9. The highest BCUT2D eigenvalue weighted by Crippen LogP contribution is 2.59. The maximum Gasteiger partial charge on any atom is 0.395 e. The van der Waals surface area contributed by atoms with E-state index in [0.717, 1.165) is 45.6 Å². The largest absolute Gasteiger partial charge is 0.395 e. The third kappa shape index (κ3) is 5.28. The van der Waals surface area contributed by atoms with Gasteiger partial charge in [0.15, 0.2) is 0 Å². The standard InChI is InChI=1S/C31H28F5N9/c1-16-21(6-7-23(32)41-16)26(27-28(33)45(44-43-27)30(8-9-30)19-4-5-19)42-20-10-17(12-37)24-22(11-20)25(18(13-38)14-39-24)40-15-29(2,3)31(34,35)36/h6-7,10-11,14,19,26,42H,4-5,8-9,15H2,1-3H3,(H,39,40). The Morgan fingerprint density at radius 2 is 1.80 bits per heavy atom. The predicted octanol–water partition coefficient (Wildman–Crippen LogP) is 6.65. The lowest BCUT2D eigenvalue weighted by molar-refractivity contribution is -0.206. The van der Waals surface area contributed by atoms with E-state index in [-0.39, 0.29) is 44.8 Å². The van der Waals surface area contributed by atoms with Crippen LogP contribution >= 0.6 is 0 Å². The van der Waals surface area contributed by atoms with Gasteiger partial charge in [-0.05, 0) is 70.6 Å². The molecule has 3 heterocycles. The second-order valence-corrected chi connectivity index (χ2v) is 12.4. The van der Waals surface area contributed by atoms with Gasteiger partial charge in [0.1, 0.15) is 23.9 Å². The van der Waals surface area contributed by atoms with Crippen molar-refractivity contribution in [1.82, 2.24) is 25.0 Å². The smallest absolute Gasteiger partial charge is 0.382 e. The first-order valence-electron chi connectivity index (χ1n) is 14.4. The number of fused-ring (bicyclic) bond motifs is 1. The SMILES string of the molecule is Cc1nc(F)ccc1C(Nc1cc(C#N)c2ncc(C#N)c(NCC(C)(C)C(F)(F)F)c2c1)c1nnn(C2(C3CC3)CC2)c1F. The zero-order valence-electron chi connectivity index (χ0n) is 24.6. The first-order valence-corrected chi connectivity index (χ1v) is 14.4. The predicted molar refractivity (Wildman–Crippen MR) is 154 cm³/mol. The number of benzene rings is 1. The summed E-state index contributed by atoms with van der Waals surface area (Å²) >= 11 is 0. The number of nitrogens with one attached hydrogen (secondary N) is 2. The molecule has 4 aromatic rings. The minimum atomic E-state index is -4.53. The van der Waals surface area contributed by atoms with E-state index in [1.165, 1.54) is 29.1 Å². The molecule has 0 bridgehead atoms. The third-order valence-corrected chi connectivity index (χ3v) is 8.84. The third-order valence-electron chi connectivity index (χ3n) is 8.84. The van der Waals surface area contributed by atoms with E-state index in [4.69, 9.17) is 0 Å². The average Bonchev–Trinajstić information content (AvgIpc) is 3.92. The highest BCUT2D eigenvalue weighted by Gasteiger charge is 2.58. The quantitative estimate of drug-likeness (QED) is 0.157. The molecule has 2 N–H and O–H groups in total. The fourth-order valence-electron chi connectivity index (χ4n) is 5.75. The fourth-order valence-corrected chi connectivity index (χ4v) is 5.75. The fraction of sp³-hybridized carbons (Fsp3) is 0.419. The number of hydrogen-bond donors (Lipinski definition) is 2. The van der Waals surface area contributed by atoms with Crippen LogP contribution in [0, 0.1) is 52.8 Å². The topological polar surface area (TPSA) is 128 Å². The number of aromatic nitrogens is 5. The van der Waals surface area contributed by atoms with Gasteiger partial charge in [-0.3, -0.25) is 4.98 Å². The van der Waals surface area contributed by atoms with E-state index in [2.05, 4.69) is 30.9 Å². The van der Waals surface area contributed by atoms with Crippen LogP contribution in [0.1, 0.15) is 73.7 Å². The molecule has 0 spiro atoms. The molecular formula is C31H28F5N9. The summed E-state index contributed by atoms with van der Waals surface area (Å²) in [6.45, 7) is 3.06. The van der Waals surface area contributed by atoms with Gasteiger partial charge in [0.2, 0.25) is 11.9 Å². The molecule has 9 nitrogen and oxygen atoms in total. The molecule has 3 aromatic heterocycles. The number of nitriles is 2. The summed E-state index contributed by atoms with van der Waals surface area (Å²) in [4.78, 5) is 8.14. The van der Waals surface area contributed by atoms with E-state index < -0.39 is 41.6 Å². The summed E-state index contributed by atoms with van der Waals surface area (Å²) in [6.07, 6.45) is 0.211. The van der Waals surface area contributed by atoms with Crippen LogP contribution < -0.4 is 10.6 Å². The molecule has 0 aliphatic heterocycles. The summed E-state index contributed by atoms with van der Waals surface area (Å²) in [5.41, 5.74) is -1.47. The number of pyridine rings is 2. The van der Waals surface area contributed by atoms with Crippen LogP contribution in [-0.2, 0) is 5.54 Å². The Labute approximate surface area is 255 Å². The molecular weight excluding hydrogens is 593 g/mol. The van der Waals surface area contributed by atoms with Crippen molar-refractivity contribution in [2.75, 3.05) is 17.2 Å². The van der Waals surface area contributed by atoms with E-state index in [1.54, 1.807) is 6.92 Å². The van der Waals surface area contributed by atoms with Crippen LogP contribution in [-0.4, -0.2) is 37.7 Å². The Morgan fingerprint density at radius 3 is 2.40 bits per heavy atom. The molecule has 1 atom stereocenters. The summed E-state index contributed by atoms with van der Waals surface area (Å²) < 4.78 is 72.5. The molecule has 2 aliphatic rings. The number of hydrogen-bond acceptors (Lipinski definition) is 8. The lowest BCUT2D eigenvalue weighted by Crippen LogP contribution is -2.38. The summed E-state index contributed by atoms with van der Waals surface area (Å²) in [5, 5.41) is 34.3. The van der Waals surface area contributed by atoms with Crippen LogP contribution in [0.2, 0.25) is 0 Å². The van der Waals surface area contributed by atoms with Gasteiger partial charge < -0.3 is 10.6 Å². The zero-order valence-corrected chi connectivity index (χ0v) is 24.6. The number of anilines is 2. The maximum atomic E-state index is 16.2. The molecule has 2 saturated carbocycles. The average molecular weight is 622 g/mol. The lowest BCUT2D eigenvalue weighted by Gasteiger charge is -2.28. The van der Waals surface area contributed by atoms with Gasteiger partial charge >= 0.3 is 6.18 Å². The second kappa shape index (κ2) is 10.6. The Kier molecular flexibility index (Phi) is 7.14. The first-order chi connectivity index (χ1) is 21.3. The van der Waals surface area contributed by atoms with E-state index in [1.807, 2.05) is 12.1 Å². The number of alkyl halides is 3. The van der Waals surface area contributed by atoms with E-state index in [0.29, 0.717) is 11.5 Å². The van der Waals surface area contributed by atoms with Crippen LogP contribution in [0.25, 0.3) is 10.9 Å². The Morgan fingerprint density at radius 1 is 1.09 bits per heavy atom. The normalized spacial score (nSPS) is 16.6. The van der Waals surface area contributed by atoms with Crippen LogP contribution in [0.15, 0.2) is 30.5 Å². The monoisotopic (exact) mass is 621 g/mol. The Bertz CT molecular complexity index is 1890. The van der Waals surface area contributed by atoms with E-state index in [9.17, 15) is 28.1 Å². The first kappa shape index (κ1) is 30.2.